The molecule has 0 fully saturated rings. The van der Waals surface area contributed by atoms with E-state index in [2.05, 4.69) is 43.4 Å². The van der Waals surface area contributed by atoms with Crippen LogP contribution in [0.5, 0.6) is 0 Å². The van der Waals surface area contributed by atoms with Gasteiger partial charge in [-0.25, -0.2) is 0 Å². The third-order valence-electron chi connectivity index (χ3n) is 2.99. The second-order valence-electron chi connectivity index (χ2n) is 4.69. The van der Waals surface area contributed by atoms with E-state index in [0.29, 0.717) is 12.1 Å². The molecule has 1 unspecified atom stereocenters. The maximum Gasteiger partial charge on any atom is 0.0625 e. The zero-order valence-electron chi connectivity index (χ0n) is 11.0. The molecule has 0 saturated carbocycles. The van der Waals surface area contributed by atoms with E-state index in [0.717, 1.165) is 6.42 Å². The Balaban J connectivity index is 2.41. The van der Waals surface area contributed by atoms with Crippen molar-refractivity contribution in [2.24, 2.45) is 0 Å². The molecular formula is C13H25N3. The van der Waals surface area contributed by atoms with Crippen LogP contribution >= 0.6 is 0 Å². The van der Waals surface area contributed by atoms with E-state index >= 15 is 0 Å². The number of hydrogen-bond donors (Lipinski definition) is 1. The quantitative estimate of drug-likeness (QED) is 0.770. The maximum atomic E-state index is 4.57. The molecule has 0 amide bonds. The highest BCUT2D eigenvalue weighted by atomic mass is 15.3. The van der Waals surface area contributed by atoms with Crippen molar-refractivity contribution in [2.75, 3.05) is 7.05 Å². The van der Waals surface area contributed by atoms with Gasteiger partial charge in [0.15, 0.2) is 0 Å². The number of aromatic nitrogens is 2. The summed E-state index contributed by atoms with van der Waals surface area (Å²) in [7, 11) is 2.05. The topological polar surface area (TPSA) is 29.9 Å². The molecule has 1 aromatic rings. The highest BCUT2D eigenvalue weighted by molar-refractivity contribution is 5.00. The van der Waals surface area contributed by atoms with Crippen LogP contribution in [0.4, 0.5) is 0 Å². The minimum Gasteiger partial charge on any atom is -0.317 e. The minimum absolute atomic E-state index is 0.462. The summed E-state index contributed by atoms with van der Waals surface area (Å²) >= 11 is 0. The predicted octanol–water partition coefficient (Wildman–Crippen LogP) is 2.78. The van der Waals surface area contributed by atoms with Crippen molar-refractivity contribution in [3.05, 3.63) is 18.0 Å². The first-order chi connectivity index (χ1) is 7.67. The molecular weight excluding hydrogens is 198 g/mol. The summed E-state index contributed by atoms with van der Waals surface area (Å²) in [6.45, 7) is 6.55. The zero-order valence-corrected chi connectivity index (χ0v) is 11.0. The fraction of sp³-hybridized carbons (Fsp3) is 0.769. The van der Waals surface area contributed by atoms with Gasteiger partial charge in [0.1, 0.15) is 0 Å². The van der Waals surface area contributed by atoms with Crippen LogP contribution in [0.25, 0.3) is 0 Å². The maximum absolute atomic E-state index is 4.57. The van der Waals surface area contributed by atoms with Crippen LogP contribution < -0.4 is 5.32 Å². The molecule has 16 heavy (non-hydrogen) atoms. The normalized spacial score (nSPS) is 13.3. The Kier molecular flexibility index (Phi) is 5.53. The average molecular weight is 223 g/mol. The lowest BCUT2D eigenvalue weighted by Crippen LogP contribution is -2.25. The van der Waals surface area contributed by atoms with Gasteiger partial charge in [0, 0.05) is 18.3 Å². The highest BCUT2D eigenvalue weighted by Gasteiger charge is 2.07. The molecule has 1 N–H and O–H groups in total. The zero-order chi connectivity index (χ0) is 12.0. The molecule has 1 aromatic heterocycles. The number of nitrogens with one attached hydrogen (secondary N) is 1. The minimum atomic E-state index is 0.462. The molecule has 0 radical (unpaired) electrons. The van der Waals surface area contributed by atoms with Gasteiger partial charge < -0.3 is 5.32 Å². The smallest absolute Gasteiger partial charge is 0.0625 e. The molecule has 0 aliphatic rings. The molecule has 92 valence electrons. The van der Waals surface area contributed by atoms with Gasteiger partial charge in [-0.15, -0.1) is 0 Å². The van der Waals surface area contributed by atoms with Gasteiger partial charge >= 0.3 is 0 Å². The molecule has 3 heteroatoms. The van der Waals surface area contributed by atoms with Crippen molar-refractivity contribution < 1.29 is 0 Å². The summed E-state index contributed by atoms with van der Waals surface area (Å²) in [6, 6.07) is 3.23. The predicted molar refractivity (Wildman–Crippen MR) is 68.7 cm³/mol. The van der Waals surface area contributed by atoms with E-state index < -0.39 is 0 Å². The monoisotopic (exact) mass is 223 g/mol. The Bertz CT molecular complexity index is 291. The second-order valence-corrected chi connectivity index (χ2v) is 4.69. The molecule has 3 nitrogen and oxygen atoms in total. The summed E-state index contributed by atoms with van der Waals surface area (Å²) in [5.74, 6) is 0. The van der Waals surface area contributed by atoms with Crippen LogP contribution in [-0.2, 0) is 6.42 Å². The lowest BCUT2D eigenvalue weighted by Gasteiger charge is -2.13. The van der Waals surface area contributed by atoms with Crippen LogP contribution in [0.3, 0.4) is 0 Å². The van der Waals surface area contributed by atoms with Crippen LogP contribution in [0.15, 0.2) is 12.3 Å². The Hall–Kier alpha value is -0.830. The summed E-state index contributed by atoms with van der Waals surface area (Å²) in [6.07, 6.45) is 6.83. The van der Waals surface area contributed by atoms with Gasteiger partial charge in [-0.2, -0.15) is 5.10 Å². The van der Waals surface area contributed by atoms with Gasteiger partial charge in [0.25, 0.3) is 0 Å². The standard InChI is InChI=1S/C13H25N3/c1-5-6-12(14-4)7-8-13-9-10-16(15-13)11(2)3/h9-12,14H,5-8H2,1-4H3. The van der Waals surface area contributed by atoms with Crippen LogP contribution in [0.1, 0.15) is 51.8 Å². The Morgan fingerprint density at radius 1 is 1.38 bits per heavy atom. The van der Waals surface area contributed by atoms with E-state index in [-0.39, 0.29) is 0 Å². The summed E-state index contributed by atoms with van der Waals surface area (Å²) in [5.41, 5.74) is 1.21. The van der Waals surface area contributed by atoms with E-state index in [9.17, 15) is 0 Å². The molecule has 0 aromatic carbocycles. The SMILES string of the molecule is CCCC(CCc1ccn(C(C)C)n1)NC. The summed E-state index contributed by atoms with van der Waals surface area (Å²) in [5, 5.41) is 7.93. The Morgan fingerprint density at radius 3 is 2.62 bits per heavy atom. The Morgan fingerprint density at radius 2 is 2.12 bits per heavy atom. The van der Waals surface area contributed by atoms with Crippen molar-refractivity contribution in [3.63, 3.8) is 0 Å². The number of aryl methyl sites for hydroxylation is 1. The van der Waals surface area contributed by atoms with Crippen molar-refractivity contribution in [2.45, 2.75) is 58.5 Å². The van der Waals surface area contributed by atoms with Crippen molar-refractivity contribution in [1.29, 1.82) is 0 Å². The van der Waals surface area contributed by atoms with Crippen LogP contribution in [-0.4, -0.2) is 22.9 Å². The molecule has 0 bridgehead atoms. The molecule has 1 heterocycles. The number of rotatable bonds is 7. The lowest BCUT2D eigenvalue weighted by atomic mass is 10.1. The number of hydrogen-bond acceptors (Lipinski definition) is 2. The van der Waals surface area contributed by atoms with E-state index in [1.165, 1.54) is 25.0 Å². The third-order valence-corrected chi connectivity index (χ3v) is 2.99. The van der Waals surface area contributed by atoms with Crippen molar-refractivity contribution in [3.8, 4) is 0 Å². The molecule has 0 aliphatic carbocycles. The van der Waals surface area contributed by atoms with Crippen molar-refractivity contribution in [1.82, 2.24) is 15.1 Å². The molecule has 1 atom stereocenters. The highest BCUT2D eigenvalue weighted by Crippen LogP contribution is 2.09. The van der Waals surface area contributed by atoms with Crippen molar-refractivity contribution >= 4 is 0 Å². The Labute approximate surface area is 99.2 Å². The van der Waals surface area contributed by atoms with Gasteiger partial charge in [0.2, 0.25) is 0 Å². The van der Waals surface area contributed by atoms with E-state index in [1.807, 2.05) is 11.7 Å². The van der Waals surface area contributed by atoms with Gasteiger partial charge in [-0.05, 0) is 46.2 Å². The first-order valence-corrected chi connectivity index (χ1v) is 6.38. The number of nitrogens with zero attached hydrogens (tertiary/aromatic N) is 2. The largest absolute Gasteiger partial charge is 0.317 e. The first kappa shape index (κ1) is 13.2. The first-order valence-electron chi connectivity index (χ1n) is 6.38. The van der Waals surface area contributed by atoms with Crippen LogP contribution in [0.2, 0.25) is 0 Å². The van der Waals surface area contributed by atoms with E-state index in [4.69, 9.17) is 0 Å². The fourth-order valence-corrected chi connectivity index (χ4v) is 1.90. The second kappa shape index (κ2) is 6.69. The third kappa shape index (κ3) is 3.97. The lowest BCUT2D eigenvalue weighted by molar-refractivity contribution is 0.475. The van der Waals surface area contributed by atoms with Gasteiger partial charge in [0.05, 0.1) is 5.69 Å². The van der Waals surface area contributed by atoms with Gasteiger partial charge in [-0.1, -0.05) is 13.3 Å². The van der Waals surface area contributed by atoms with Gasteiger partial charge in [-0.3, -0.25) is 4.68 Å². The van der Waals surface area contributed by atoms with Crippen LogP contribution in [0, 0.1) is 0 Å². The molecule has 0 saturated heterocycles. The molecule has 0 aliphatic heterocycles. The van der Waals surface area contributed by atoms with E-state index in [1.54, 1.807) is 0 Å². The molecule has 0 spiro atoms. The molecule has 1 rings (SSSR count). The fourth-order valence-electron chi connectivity index (χ4n) is 1.90. The summed E-state index contributed by atoms with van der Waals surface area (Å²) < 4.78 is 2.03. The summed E-state index contributed by atoms with van der Waals surface area (Å²) in [4.78, 5) is 0. The average Bonchev–Trinajstić information content (AvgIpc) is 2.73.